The molecule has 0 spiro atoms. The number of carbonyl (C=O) groups excluding carboxylic acids is 1. The van der Waals surface area contributed by atoms with Crippen molar-refractivity contribution >= 4 is 44.8 Å². The van der Waals surface area contributed by atoms with Crippen LogP contribution in [0.25, 0.3) is 0 Å². The van der Waals surface area contributed by atoms with Gasteiger partial charge in [0.15, 0.2) is 5.96 Å². The lowest BCUT2D eigenvalue weighted by atomic mass is 10.2. The van der Waals surface area contributed by atoms with E-state index in [1.165, 1.54) is 0 Å². The van der Waals surface area contributed by atoms with Gasteiger partial charge in [-0.25, -0.2) is 4.98 Å². The predicted molar refractivity (Wildman–Crippen MR) is 112 cm³/mol. The van der Waals surface area contributed by atoms with Crippen molar-refractivity contribution < 1.29 is 4.79 Å². The van der Waals surface area contributed by atoms with E-state index in [0.717, 1.165) is 39.4 Å². The van der Waals surface area contributed by atoms with Crippen LogP contribution in [-0.4, -0.2) is 37.0 Å². The van der Waals surface area contributed by atoms with Gasteiger partial charge in [-0.05, 0) is 31.5 Å². The van der Waals surface area contributed by atoms with Crippen LogP contribution in [0.2, 0.25) is 0 Å². The number of nitrogens with zero attached hydrogens (tertiary/aromatic N) is 2. The summed E-state index contributed by atoms with van der Waals surface area (Å²) >= 11 is 5.07. The lowest BCUT2D eigenvalue weighted by Gasteiger charge is -2.12. The summed E-state index contributed by atoms with van der Waals surface area (Å²) in [5, 5.41) is 12.5. The number of aromatic nitrogens is 1. The lowest BCUT2D eigenvalue weighted by molar-refractivity contribution is -0.116. The van der Waals surface area contributed by atoms with Crippen molar-refractivity contribution in [2.45, 2.75) is 26.7 Å². The van der Waals surface area contributed by atoms with Crippen LogP contribution in [0.4, 0.5) is 5.69 Å². The fourth-order valence-electron chi connectivity index (χ4n) is 2.29. The molecule has 0 unspecified atom stereocenters. The fraction of sp³-hybridized carbons (Fsp3) is 0.389. The molecule has 6 nitrogen and oxygen atoms in total. The molecule has 0 saturated carbocycles. The van der Waals surface area contributed by atoms with Gasteiger partial charge in [-0.2, -0.15) is 0 Å². The monoisotopic (exact) mass is 437 g/mol. The summed E-state index contributed by atoms with van der Waals surface area (Å²) in [5.74, 6) is 0.649. The van der Waals surface area contributed by atoms with E-state index < -0.39 is 0 Å². The molecule has 0 aliphatic heterocycles. The Balaban J connectivity index is 1.69. The van der Waals surface area contributed by atoms with Crippen molar-refractivity contribution in [2.75, 3.05) is 25.5 Å². The molecule has 0 aliphatic carbocycles. The molecule has 0 bridgehead atoms. The predicted octanol–water partition coefficient (Wildman–Crippen LogP) is 3.26. The maximum absolute atomic E-state index is 12.1. The highest BCUT2D eigenvalue weighted by molar-refractivity contribution is 9.10. The third-order valence-electron chi connectivity index (χ3n) is 3.68. The molecule has 26 heavy (non-hydrogen) atoms. The van der Waals surface area contributed by atoms with Gasteiger partial charge in [0.05, 0.1) is 10.7 Å². The summed E-state index contributed by atoms with van der Waals surface area (Å²) in [6, 6.07) is 5.82. The van der Waals surface area contributed by atoms with Gasteiger partial charge in [0.25, 0.3) is 0 Å². The quantitative estimate of drug-likeness (QED) is 0.458. The molecular weight excluding hydrogens is 414 g/mol. The van der Waals surface area contributed by atoms with E-state index in [0.29, 0.717) is 18.9 Å². The zero-order valence-electron chi connectivity index (χ0n) is 15.2. The lowest BCUT2D eigenvalue weighted by Crippen LogP contribution is -2.39. The number of halogens is 1. The third-order valence-corrected chi connectivity index (χ3v) is 5.00. The Morgan fingerprint density at radius 3 is 2.73 bits per heavy atom. The summed E-state index contributed by atoms with van der Waals surface area (Å²) in [5.41, 5.74) is 2.94. The first kappa shape index (κ1) is 20.4. The molecule has 8 heteroatoms. The first-order valence-electron chi connectivity index (χ1n) is 8.39. The molecule has 0 radical (unpaired) electrons. The average molecular weight is 438 g/mol. The number of aliphatic imine (C=N–C) groups is 1. The van der Waals surface area contributed by atoms with E-state index in [1.807, 2.05) is 32.0 Å². The third kappa shape index (κ3) is 6.76. The summed E-state index contributed by atoms with van der Waals surface area (Å²) in [4.78, 5) is 20.7. The van der Waals surface area contributed by atoms with Crippen LogP contribution in [0.3, 0.4) is 0 Å². The van der Waals surface area contributed by atoms with Crippen LogP contribution in [0, 0.1) is 13.8 Å². The molecule has 1 amide bonds. The highest BCUT2D eigenvalue weighted by Gasteiger charge is 2.06. The number of hydrogen-bond donors (Lipinski definition) is 3. The van der Waals surface area contributed by atoms with Gasteiger partial charge in [0.2, 0.25) is 5.91 Å². The second kappa shape index (κ2) is 10.3. The van der Waals surface area contributed by atoms with Crippen LogP contribution in [0.5, 0.6) is 0 Å². The molecule has 2 rings (SSSR count). The van der Waals surface area contributed by atoms with E-state index in [-0.39, 0.29) is 5.91 Å². The van der Waals surface area contributed by atoms with Crippen molar-refractivity contribution in [3.05, 3.63) is 44.3 Å². The van der Waals surface area contributed by atoms with Gasteiger partial charge >= 0.3 is 0 Å². The fourth-order valence-corrected chi connectivity index (χ4v) is 3.30. The molecule has 2 aromatic rings. The Bertz CT molecular complexity index is 775. The molecule has 0 fully saturated rings. The van der Waals surface area contributed by atoms with Crippen LogP contribution < -0.4 is 16.0 Å². The summed E-state index contributed by atoms with van der Waals surface area (Å²) in [7, 11) is 1.72. The molecule has 3 N–H and O–H groups in total. The Morgan fingerprint density at radius 2 is 2.04 bits per heavy atom. The van der Waals surface area contributed by atoms with Crippen molar-refractivity contribution in [1.29, 1.82) is 0 Å². The van der Waals surface area contributed by atoms with E-state index in [9.17, 15) is 4.79 Å². The number of hydrogen-bond acceptors (Lipinski definition) is 4. The van der Waals surface area contributed by atoms with E-state index in [2.05, 4.69) is 47.2 Å². The highest BCUT2D eigenvalue weighted by Crippen LogP contribution is 2.20. The summed E-state index contributed by atoms with van der Waals surface area (Å²) in [6.45, 7) is 5.22. The molecule has 0 atom stereocenters. The first-order valence-corrected chi connectivity index (χ1v) is 10.1. The zero-order chi connectivity index (χ0) is 18.9. The van der Waals surface area contributed by atoms with E-state index in [1.54, 1.807) is 18.4 Å². The number of benzene rings is 1. The minimum Gasteiger partial charge on any atom is -0.356 e. The highest BCUT2D eigenvalue weighted by atomic mass is 79.9. The second-order valence-corrected chi connectivity index (χ2v) is 7.77. The van der Waals surface area contributed by atoms with E-state index >= 15 is 0 Å². The molecule has 0 aliphatic rings. The average Bonchev–Trinajstić information content (AvgIpc) is 3.02. The van der Waals surface area contributed by atoms with Crippen LogP contribution >= 0.6 is 27.3 Å². The molecule has 140 valence electrons. The maximum Gasteiger partial charge on any atom is 0.226 e. The zero-order valence-corrected chi connectivity index (χ0v) is 17.6. The van der Waals surface area contributed by atoms with Gasteiger partial charge in [-0.3, -0.25) is 9.79 Å². The van der Waals surface area contributed by atoms with Gasteiger partial charge in [0, 0.05) is 48.5 Å². The summed E-state index contributed by atoms with van der Waals surface area (Å²) < 4.78 is 0.941. The molecule has 1 aromatic carbocycles. The summed E-state index contributed by atoms with van der Waals surface area (Å²) in [6.07, 6.45) is 1.20. The van der Waals surface area contributed by atoms with Crippen molar-refractivity contribution in [1.82, 2.24) is 15.6 Å². The normalized spacial score (nSPS) is 11.3. The molecular formula is C18H24BrN5OS. The van der Waals surface area contributed by atoms with Crippen molar-refractivity contribution in [3.8, 4) is 0 Å². The second-order valence-electron chi connectivity index (χ2n) is 5.79. The van der Waals surface area contributed by atoms with Crippen LogP contribution in [-0.2, 0) is 11.2 Å². The number of guanidine groups is 1. The number of rotatable bonds is 7. The first-order chi connectivity index (χ1) is 12.5. The van der Waals surface area contributed by atoms with E-state index in [4.69, 9.17) is 0 Å². The Kier molecular flexibility index (Phi) is 8.06. The van der Waals surface area contributed by atoms with Gasteiger partial charge in [0.1, 0.15) is 0 Å². The van der Waals surface area contributed by atoms with Gasteiger partial charge in [-0.1, -0.05) is 22.0 Å². The Labute approximate surface area is 166 Å². The van der Waals surface area contributed by atoms with Crippen LogP contribution in [0.1, 0.15) is 22.7 Å². The van der Waals surface area contributed by atoms with Crippen molar-refractivity contribution in [3.63, 3.8) is 0 Å². The minimum atomic E-state index is -0.0351. The van der Waals surface area contributed by atoms with Crippen molar-refractivity contribution in [2.24, 2.45) is 4.99 Å². The number of carbonyl (C=O) groups is 1. The topological polar surface area (TPSA) is 78.4 Å². The number of anilines is 1. The maximum atomic E-state index is 12.1. The van der Waals surface area contributed by atoms with Gasteiger partial charge < -0.3 is 16.0 Å². The van der Waals surface area contributed by atoms with Crippen LogP contribution in [0.15, 0.2) is 33.0 Å². The van der Waals surface area contributed by atoms with Gasteiger partial charge in [-0.15, -0.1) is 11.3 Å². The molecule has 1 heterocycles. The Hall–Kier alpha value is -1.93. The largest absolute Gasteiger partial charge is 0.356 e. The standard InChI is InChI=1S/C18H24BrN5OS/c1-12-4-5-14(19)10-16(12)24-17(25)7-9-22-18(20-3)21-8-6-15-11-26-13(2)23-15/h4-5,10-11H,6-9H2,1-3H3,(H,24,25)(H2,20,21,22). The number of amides is 1. The molecule has 1 aromatic heterocycles. The SMILES string of the molecule is CN=C(NCCC(=O)Nc1cc(Br)ccc1C)NCCc1csc(C)n1. The minimum absolute atomic E-state index is 0.0351. The number of nitrogens with one attached hydrogen (secondary N) is 3. The Morgan fingerprint density at radius 1 is 1.27 bits per heavy atom. The molecule has 0 saturated heterocycles. The smallest absolute Gasteiger partial charge is 0.226 e. The number of thiazole rings is 1. The number of aryl methyl sites for hydroxylation is 2.